The first-order valence-electron chi connectivity index (χ1n) is 9.60. The number of nitrogens with two attached hydrogens (primary N) is 1. The number of rotatable bonds is 8. The van der Waals surface area contributed by atoms with Gasteiger partial charge in [-0.3, -0.25) is 0 Å². The number of fused-ring (bicyclic) bond motifs is 1. The SMILES string of the molecule is Cc1c(C)c2c(c(C)c1O)CC[C@@](C)(CCCCCCCCN)O2. The Labute approximate surface area is 147 Å². The Morgan fingerprint density at radius 3 is 2.25 bits per heavy atom. The molecule has 0 unspecified atom stereocenters. The number of hydrogen-bond acceptors (Lipinski definition) is 3. The monoisotopic (exact) mass is 333 g/mol. The van der Waals surface area contributed by atoms with Crippen LogP contribution in [0.15, 0.2) is 0 Å². The van der Waals surface area contributed by atoms with Crippen molar-refractivity contribution in [2.45, 2.75) is 91.1 Å². The summed E-state index contributed by atoms with van der Waals surface area (Å²) in [6, 6.07) is 0. The van der Waals surface area contributed by atoms with E-state index in [0.717, 1.165) is 54.7 Å². The topological polar surface area (TPSA) is 55.5 Å². The van der Waals surface area contributed by atoms with Gasteiger partial charge in [-0.2, -0.15) is 0 Å². The van der Waals surface area contributed by atoms with Crippen molar-refractivity contribution in [2.75, 3.05) is 6.54 Å². The smallest absolute Gasteiger partial charge is 0.127 e. The number of phenolic OH excluding ortho intramolecular Hbond substituents is 1. The molecule has 0 aromatic heterocycles. The van der Waals surface area contributed by atoms with Gasteiger partial charge < -0.3 is 15.6 Å². The van der Waals surface area contributed by atoms with Gasteiger partial charge in [0.1, 0.15) is 17.1 Å². The van der Waals surface area contributed by atoms with E-state index >= 15 is 0 Å². The van der Waals surface area contributed by atoms with Gasteiger partial charge in [0.2, 0.25) is 0 Å². The Morgan fingerprint density at radius 2 is 1.58 bits per heavy atom. The third-order valence-corrected chi connectivity index (χ3v) is 5.75. The van der Waals surface area contributed by atoms with Crippen LogP contribution in [0.5, 0.6) is 11.5 Å². The molecule has 24 heavy (non-hydrogen) atoms. The molecular formula is C21H35NO2. The Bertz CT molecular complexity index is 568. The fourth-order valence-corrected chi connectivity index (χ4v) is 3.82. The van der Waals surface area contributed by atoms with Gasteiger partial charge in [-0.25, -0.2) is 0 Å². The zero-order chi connectivity index (χ0) is 17.7. The summed E-state index contributed by atoms with van der Waals surface area (Å²) in [4.78, 5) is 0. The van der Waals surface area contributed by atoms with E-state index in [1.807, 2.05) is 13.8 Å². The fourth-order valence-electron chi connectivity index (χ4n) is 3.82. The second-order valence-electron chi connectivity index (χ2n) is 7.74. The predicted octanol–water partition coefficient (Wildman–Crippen LogP) is 5.09. The lowest BCUT2D eigenvalue weighted by atomic mass is 9.84. The van der Waals surface area contributed by atoms with Crippen LogP contribution in [0.25, 0.3) is 0 Å². The van der Waals surface area contributed by atoms with Crippen LogP contribution in [0, 0.1) is 20.8 Å². The lowest BCUT2D eigenvalue weighted by Crippen LogP contribution is -2.37. The molecular weight excluding hydrogens is 298 g/mol. The first-order valence-corrected chi connectivity index (χ1v) is 9.60. The molecule has 3 N–H and O–H groups in total. The standard InChI is InChI=1S/C21H35NO2/c1-15-16(2)20-18(17(3)19(15)23)11-13-21(4,24-20)12-9-7-5-6-8-10-14-22/h23H,5-14,22H2,1-4H3/t21-/m1/s1. The molecule has 0 amide bonds. The Hall–Kier alpha value is -1.22. The van der Waals surface area contributed by atoms with Crippen molar-refractivity contribution in [1.82, 2.24) is 0 Å². The summed E-state index contributed by atoms with van der Waals surface area (Å²) in [6.45, 7) is 9.12. The third kappa shape index (κ3) is 4.24. The normalized spacial score (nSPS) is 19.9. The van der Waals surface area contributed by atoms with Crippen molar-refractivity contribution >= 4 is 0 Å². The maximum absolute atomic E-state index is 10.3. The zero-order valence-electron chi connectivity index (χ0n) is 16.0. The van der Waals surface area contributed by atoms with Crippen LogP contribution >= 0.6 is 0 Å². The first-order chi connectivity index (χ1) is 11.4. The van der Waals surface area contributed by atoms with E-state index in [1.54, 1.807) is 0 Å². The van der Waals surface area contributed by atoms with Crippen molar-refractivity contribution < 1.29 is 9.84 Å². The highest BCUT2D eigenvalue weighted by atomic mass is 16.5. The maximum Gasteiger partial charge on any atom is 0.127 e. The molecule has 0 aliphatic carbocycles. The highest BCUT2D eigenvalue weighted by Gasteiger charge is 2.33. The van der Waals surface area contributed by atoms with Crippen molar-refractivity contribution in [3.63, 3.8) is 0 Å². The van der Waals surface area contributed by atoms with Gasteiger partial charge in [0, 0.05) is 5.56 Å². The van der Waals surface area contributed by atoms with Crippen molar-refractivity contribution in [3.05, 3.63) is 22.3 Å². The van der Waals surface area contributed by atoms with Crippen LogP contribution in [-0.4, -0.2) is 17.3 Å². The summed E-state index contributed by atoms with van der Waals surface area (Å²) in [5.41, 5.74) is 9.72. The molecule has 3 nitrogen and oxygen atoms in total. The van der Waals surface area contributed by atoms with E-state index in [0.29, 0.717) is 5.75 Å². The average molecular weight is 334 g/mol. The van der Waals surface area contributed by atoms with E-state index in [1.165, 1.54) is 37.7 Å². The predicted molar refractivity (Wildman–Crippen MR) is 101 cm³/mol. The highest BCUT2D eigenvalue weighted by molar-refractivity contribution is 5.58. The molecule has 1 aromatic rings. The molecule has 1 aliphatic heterocycles. The number of aromatic hydroxyl groups is 1. The van der Waals surface area contributed by atoms with Crippen LogP contribution in [-0.2, 0) is 6.42 Å². The van der Waals surface area contributed by atoms with Gasteiger partial charge in [-0.05, 0) is 83.0 Å². The van der Waals surface area contributed by atoms with E-state index < -0.39 is 0 Å². The van der Waals surface area contributed by atoms with Crippen LogP contribution < -0.4 is 10.5 Å². The van der Waals surface area contributed by atoms with Gasteiger partial charge in [0.15, 0.2) is 0 Å². The molecule has 0 radical (unpaired) electrons. The molecule has 1 aliphatic rings. The summed E-state index contributed by atoms with van der Waals surface area (Å²) in [5, 5.41) is 10.3. The van der Waals surface area contributed by atoms with E-state index in [4.69, 9.17) is 10.5 Å². The second kappa shape index (κ2) is 8.24. The summed E-state index contributed by atoms with van der Waals surface area (Å²) in [7, 11) is 0. The molecule has 3 heteroatoms. The molecule has 0 spiro atoms. The van der Waals surface area contributed by atoms with Gasteiger partial charge in [0.05, 0.1) is 0 Å². The van der Waals surface area contributed by atoms with E-state index in [2.05, 4.69) is 13.8 Å². The molecule has 1 heterocycles. The average Bonchev–Trinajstić information content (AvgIpc) is 2.57. The lowest BCUT2D eigenvalue weighted by molar-refractivity contribution is 0.0521. The molecule has 0 saturated heterocycles. The molecule has 0 bridgehead atoms. The number of benzene rings is 1. The Balaban J connectivity index is 1.94. The van der Waals surface area contributed by atoms with Gasteiger partial charge in [-0.1, -0.05) is 25.7 Å². The molecule has 136 valence electrons. The number of unbranched alkanes of at least 4 members (excludes halogenated alkanes) is 5. The quantitative estimate of drug-likeness (QED) is 0.651. The number of hydrogen-bond donors (Lipinski definition) is 2. The van der Waals surface area contributed by atoms with Gasteiger partial charge in [0.25, 0.3) is 0 Å². The summed E-state index contributed by atoms with van der Waals surface area (Å²) in [5.74, 6) is 1.47. The molecule has 0 saturated carbocycles. The van der Waals surface area contributed by atoms with E-state index in [9.17, 15) is 5.11 Å². The third-order valence-electron chi connectivity index (χ3n) is 5.75. The van der Waals surface area contributed by atoms with E-state index in [-0.39, 0.29) is 5.60 Å². The maximum atomic E-state index is 10.3. The lowest BCUT2D eigenvalue weighted by Gasteiger charge is -2.38. The minimum absolute atomic E-state index is 0.0646. The largest absolute Gasteiger partial charge is 0.507 e. The number of ether oxygens (including phenoxy) is 1. The van der Waals surface area contributed by atoms with Gasteiger partial charge >= 0.3 is 0 Å². The summed E-state index contributed by atoms with van der Waals surface area (Å²) < 4.78 is 6.48. The molecule has 2 rings (SSSR count). The van der Waals surface area contributed by atoms with Crippen LogP contribution in [0.4, 0.5) is 0 Å². The highest BCUT2D eigenvalue weighted by Crippen LogP contribution is 2.44. The van der Waals surface area contributed by atoms with Crippen molar-refractivity contribution in [3.8, 4) is 11.5 Å². The van der Waals surface area contributed by atoms with Crippen molar-refractivity contribution in [1.29, 1.82) is 0 Å². The second-order valence-corrected chi connectivity index (χ2v) is 7.74. The van der Waals surface area contributed by atoms with Crippen molar-refractivity contribution in [2.24, 2.45) is 5.73 Å². The fraction of sp³-hybridized carbons (Fsp3) is 0.714. The van der Waals surface area contributed by atoms with Crippen LogP contribution in [0.2, 0.25) is 0 Å². The Kier molecular flexibility index (Phi) is 6.56. The zero-order valence-corrected chi connectivity index (χ0v) is 16.0. The van der Waals surface area contributed by atoms with Gasteiger partial charge in [-0.15, -0.1) is 0 Å². The molecule has 1 atom stereocenters. The first kappa shape index (κ1) is 19.1. The summed E-state index contributed by atoms with van der Waals surface area (Å²) in [6.07, 6.45) is 10.7. The Morgan fingerprint density at radius 1 is 0.958 bits per heavy atom. The van der Waals surface area contributed by atoms with Crippen LogP contribution in [0.1, 0.15) is 80.5 Å². The summed E-state index contributed by atoms with van der Waals surface area (Å²) >= 11 is 0. The minimum Gasteiger partial charge on any atom is -0.507 e. The van der Waals surface area contributed by atoms with Crippen LogP contribution in [0.3, 0.4) is 0 Å². The number of phenols is 1. The molecule has 1 aromatic carbocycles. The minimum atomic E-state index is -0.0646. The molecule has 0 fully saturated rings.